The third-order valence-electron chi connectivity index (χ3n) is 3.20. The van der Waals surface area contributed by atoms with Crippen LogP contribution in [0.3, 0.4) is 0 Å². The number of carbonyl (C=O) groups excluding carboxylic acids is 2. The number of hydrogen-bond acceptors (Lipinski definition) is 5. The van der Waals surface area contributed by atoms with Crippen LogP contribution in [0, 0.1) is 0 Å². The monoisotopic (exact) mass is 338 g/mol. The van der Waals surface area contributed by atoms with E-state index in [-0.39, 0.29) is 11.9 Å². The van der Waals surface area contributed by atoms with Crippen molar-refractivity contribution in [3.8, 4) is 5.75 Å². The third kappa shape index (κ3) is 5.73. The maximum absolute atomic E-state index is 12.3. The quantitative estimate of drug-likeness (QED) is 0.835. The Hall–Kier alpha value is -2.28. The summed E-state index contributed by atoms with van der Waals surface area (Å²) in [5.41, 5.74) is 0.528. The van der Waals surface area contributed by atoms with Crippen LogP contribution in [-0.4, -0.2) is 43.9 Å². The summed E-state index contributed by atoms with van der Waals surface area (Å²) in [7, 11) is 4.44. The minimum absolute atomic E-state index is 0.317. The lowest BCUT2D eigenvalue weighted by molar-refractivity contribution is -0.0757. The summed E-state index contributed by atoms with van der Waals surface area (Å²) in [6.07, 6.45) is -0.528. The predicted molar refractivity (Wildman–Crippen MR) is 89.9 cm³/mol. The molecule has 1 N–H and O–H groups in total. The molecule has 0 fully saturated rings. The smallest absolute Gasteiger partial charge is 0.408 e. The normalized spacial score (nSPS) is 12.3. The number of hydroxylamine groups is 2. The summed E-state index contributed by atoms with van der Waals surface area (Å²) >= 11 is 0. The molecule has 0 aromatic heterocycles. The van der Waals surface area contributed by atoms with E-state index in [9.17, 15) is 9.59 Å². The molecule has 1 unspecified atom stereocenters. The number of carbonyl (C=O) groups is 2. The number of hydrogen-bond donors (Lipinski definition) is 1. The molecule has 1 aromatic rings. The first-order valence-corrected chi connectivity index (χ1v) is 7.58. The molecule has 1 aromatic carbocycles. The molecule has 0 spiro atoms. The van der Waals surface area contributed by atoms with Crippen molar-refractivity contribution in [2.75, 3.05) is 21.3 Å². The highest BCUT2D eigenvalue weighted by Crippen LogP contribution is 2.23. The van der Waals surface area contributed by atoms with Gasteiger partial charge in [0.1, 0.15) is 11.4 Å². The first-order valence-electron chi connectivity index (χ1n) is 7.58. The van der Waals surface area contributed by atoms with Crippen molar-refractivity contribution in [3.05, 3.63) is 29.3 Å². The molecule has 134 valence electrons. The fourth-order valence-electron chi connectivity index (χ4n) is 1.95. The van der Waals surface area contributed by atoms with Crippen molar-refractivity contribution >= 4 is 12.0 Å². The summed E-state index contributed by atoms with van der Waals surface area (Å²) in [5, 5.41) is 3.86. The molecule has 7 nitrogen and oxygen atoms in total. The van der Waals surface area contributed by atoms with Gasteiger partial charge < -0.3 is 14.8 Å². The SMILES string of the molecule is COc1cc(C(=O)N(C)OC)cc(C(C)NC(=O)OC(C)(C)C)c1. The maximum Gasteiger partial charge on any atom is 0.408 e. The summed E-state index contributed by atoms with van der Waals surface area (Å²) in [5.74, 6) is 0.195. The zero-order valence-electron chi connectivity index (χ0n) is 15.3. The molecule has 0 saturated carbocycles. The Balaban J connectivity index is 3.01. The largest absolute Gasteiger partial charge is 0.497 e. The van der Waals surface area contributed by atoms with Gasteiger partial charge in [0, 0.05) is 12.6 Å². The van der Waals surface area contributed by atoms with Gasteiger partial charge in [-0.25, -0.2) is 9.86 Å². The van der Waals surface area contributed by atoms with Crippen molar-refractivity contribution in [1.29, 1.82) is 0 Å². The number of benzene rings is 1. The number of amides is 2. The second-order valence-corrected chi connectivity index (χ2v) is 6.35. The third-order valence-corrected chi connectivity index (χ3v) is 3.20. The van der Waals surface area contributed by atoms with Crippen LogP contribution in [0.5, 0.6) is 5.75 Å². The molecular weight excluding hydrogens is 312 g/mol. The van der Waals surface area contributed by atoms with Gasteiger partial charge in [-0.3, -0.25) is 9.63 Å². The van der Waals surface area contributed by atoms with E-state index in [4.69, 9.17) is 14.3 Å². The Morgan fingerprint density at radius 1 is 1.17 bits per heavy atom. The number of rotatable bonds is 5. The van der Waals surface area contributed by atoms with E-state index in [1.807, 2.05) is 0 Å². The number of methoxy groups -OCH3 is 1. The van der Waals surface area contributed by atoms with Crippen molar-refractivity contribution < 1.29 is 23.9 Å². The van der Waals surface area contributed by atoms with Gasteiger partial charge in [-0.1, -0.05) is 0 Å². The van der Waals surface area contributed by atoms with E-state index in [0.29, 0.717) is 16.9 Å². The van der Waals surface area contributed by atoms with Crippen LogP contribution in [-0.2, 0) is 9.57 Å². The standard InChI is InChI=1S/C17H26N2O5/c1-11(18-16(21)24-17(2,3)4)12-8-13(10-14(9-12)22-6)15(20)19(5)23-7/h8-11H,1-7H3,(H,18,21). The molecule has 0 radical (unpaired) electrons. The van der Waals surface area contributed by atoms with E-state index >= 15 is 0 Å². The Labute approximate surface area is 142 Å². The van der Waals surface area contributed by atoms with E-state index in [0.717, 1.165) is 5.06 Å². The highest BCUT2D eigenvalue weighted by molar-refractivity contribution is 5.94. The van der Waals surface area contributed by atoms with Gasteiger partial charge in [-0.15, -0.1) is 0 Å². The fourth-order valence-corrected chi connectivity index (χ4v) is 1.95. The minimum Gasteiger partial charge on any atom is -0.497 e. The van der Waals surface area contributed by atoms with Crippen molar-refractivity contribution in [2.45, 2.75) is 39.3 Å². The summed E-state index contributed by atoms with van der Waals surface area (Å²) in [6.45, 7) is 7.17. The Morgan fingerprint density at radius 2 is 1.79 bits per heavy atom. The van der Waals surface area contributed by atoms with Crippen LogP contribution in [0.2, 0.25) is 0 Å². The molecule has 1 rings (SSSR count). The number of ether oxygens (including phenoxy) is 2. The van der Waals surface area contributed by atoms with Gasteiger partial charge in [0.05, 0.1) is 20.3 Å². The Bertz CT molecular complexity index is 595. The van der Waals surface area contributed by atoms with Crippen molar-refractivity contribution in [1.82, 2.24) is 10.4 Å². The van der Waals surface area contributed by atoms with Crippen molar-refractivity contribution in [2.24, 2.45) is 0 Å². The van der Waals surface area contributed by atoms with Gasteiger partial charge in [-0.05, 0) is 51.5 Å². The summed E-state index contributed by atoms with van der Waals surface area (Å²) < 4.78 is 10.5. The average molecular weight is 338 g/mol. The number of nitrogens with zero attached hydrogens (tertiary/aromatic N) is 1. The second-order valence-electron chi connectivity index (χ2n) is 6.35. The summed E-state index contributed by atoms with van der Waals surface area (Å²) in [4.78, 5) is 29.1. The van der Waals surface area contributed by atoms with Crippen LogP contribution in [0.15, 0.2) is 18.2 Å². The van der Waals surface area contributed by atoms with Crippen LogP contribution < -0.4 is 10.1 Å². The first-order chi connectivity index (χ1) is 11.1. The Morgan fingerprint density at radius 3 is 2.29 bits per heavy atom. The molecule has 1 atom stereocenters. The van der Waals surface area contributed by atoms with Crippen molar-refractivity contribution in [3.63, 3.8) is 0 Å². The zero-order chi connectivity index (χ0) is 18.5. The molecule has 0 saturated heterocycles. The molecule has 0 heterocycles. The zero-order valence-corrected chi connectivity index (χ0v) is 15.3. The second kappa shape index (κ2) is 8.01. The van der Waals surface area contributed by atoms with Crippen LogP contribution in [0.4, 0.5) is 4.79 Å². The molecule has 0 bridgehead atoms. The van der Waals surface area contributed by atoms with Crippen LogP contribution in [0.1, 0.15) is 49.7 Å². The molecule has 0 aliphatic rings. The fraction of sp³-hybridized carbons (Fsp3) is 0.529. The molecule has 0 aliphatic heterocycles. The van der Waals surface area contributed by atoms with Crippen LogP contribution >= 0.6 is 0 Å². The molecule has 2 amide bonds. The molecule has 24 heavy (non-hydrogen) atoms. The van der Waals surface area contributed by atoms with E-state index in [1.54, 1.807) is 45.9 Å². The number of nitrogens with one attached hydrogen (secondary N) is 1. The van der Waals surface area contributed by atoms with Crippen LogP contribution in [0.25, 0.3) is 0 Å². The molecular formula is C17H26N2O5. The van der Waals surface area contributed by atoms with E-state index in [1.165, 1.54) is 21.3 Å². The van der Waals surface area contributed by atoms with Gasteiger partial charge in [0.15, 0.2) is 0 Å². The lowest BCUT2D eigenvalue weighted by atomic mass is 10.0. The highest BCUT2D eigenvalue weighted by Gasteiger charge is 2.20. The highest BCUT2D eigenvalue weighted by atomic mass is 16.7. The van der Waals surface area contributed by atoms with Gasteiger partial charge in [0.2, 0.25) is 0 Å². The van der Waals surface area contributed by atoms with E-state index < -0.39 is 11.7 Å². The van der Waals surface area contributed by atoms with Gasteiger partial charge >= 0.3 is 6.09 Å². The van der Waals surface area contributed by atoms with Gasteiger partial charge in [-0.2, -0.15) is 0 Å². The molecule has 7 heteroatoms. The minimum atomic E-state index is -0.583. The lowest BCUT2D eigenvalue weighted by Crippen LogP contribution is -2.34. The average Bonchev–Trinajstić information content (AvgIpc) is 2.50. The molecule has 0 aliphatic carbocycles. The predicted octanol–water partition coefficient (Wildman–Crippen LogP) is 2.91. The van der Waals surface area contributed by atoms with Gasteiger partial charge in [0.25, 0.3) is 5.91 Å². The maximum atomic E-state index is 12.3. The first kappa shape index (κ1) is 19.8. The topological polar surface area (TPSA) is 77.1 Å². The summed E-state index contributed by atoms with van der Waals surface area (Å²) in [6, 6.07) is 4.68. The lowest BCUT2D eigenvalue weighted by Gasteiger charge is -2.22. The number of alkyl carbamates (subject to hydrolysis) is 1. The Kier molecular flexibility index (Phi) is 6.60. The van der Waals surface area contributed by atoms with E-state index in [2.05, 4.69) is 5.32 Å².